The Morgan fingerprint density at radius 3 is 2.81 bits per heavy atom. The van der Waals surface area contributed by atoms with Gasteiger partial charge in [-0.1, -0.05) is 39.3 Å². The Hall–Kier alpha value is -1.57. The zero-order valence-electron chi connectivity index (χ0n) is 27.7. The summed E-state index contributed by atoms with van der Waals surface area (Å²) >= 11 is 0. The van der Waals surface area contributed by atoms with Gasteiger partial charge in [-0.05, 0) is 69.6 Å². The maximum Gasteiger partial charge on any atom is 0.334 e. The van der Waals surface area contributed by atoms with E-state index in [1.54, 1.807) is 13.0 Å². The molecule has 4 N–H and O–H groups in total. The zero-order valence-corrected chi connectivity index (χ0v) is 29.3. The number of carbonyl (C=O) groups is 3. The normalized spacial score (nSPS) is 43.8. The number of nitrogens with one attached hydrogen (secondary N) is 1. The van der Waals surface area contributed by atoms with Gasteiger partial charge in [-0.15, -0.1) is 0 Å². The van der Waals surface area contributed by atoms with Gasteiger partial charge in [0, 0.05) is 80.8 Å². The fraction of sp³-hybridized carbons (Fsp3) is 0.800. The highest BCUT2D eigenvalue weighted by Crippen LogP contribution is 2.62. The van der Waals surface area contributed by atoms with Gasteiger partial charge < -0.3 is 35.3 Å². The van der Waals surface area contributed by atoms with Crippen LogP contribution in [0.2, 0.25) is 0 Å². The zero-order chi connectivity index (χ0) is 32.9. The molecule has 0 aromatic heterocycles. The second kappa shape index (κ2) is 13.6. The first-order chi connectivity index (χ1) is 22.6. The summed E-state index contributed by atoms with van der Waals surface area (Å²) in [6, 6.07) is 0.306. The number of allylic oxidation sites excluding steroid dienone is 1. The van der Waals surface area contributed by atoms with Gasteiger partial charge in [0.05, 0.1) is 12.3 Å². The number of nitrogens with two attached hydrogens (primary N) is 1. The van der Waals surface area contributed by atoms with E-state index < -0.39 is 17.2 Å². The van der Waals surface area contributed by atoms with Gasteiger partial charge >= 0.3 is 11.9 Å². The first-order valence-electron chi connectivity index (χ1n) is 17.7. The maximum absolute atomic E-state index is 13.8. The lowest BCUT2D eigenvalue weighted by atomic mass is 9.56. The number of piperidine rings is 1. The van der Waals surface area contributed by atoms with Crippen molar-refractivity contribution in [2.24, 2.45) is 35.3 Å². The number of nitrogens with zero attached hydrogens (tertiary/aromatic N) is 1. The molecule has 1 amide bonds. The molecule has 6 fully saturated rings. The second-order valence-corrected chi connectivity index (χ2v) is 17.6. The van der Waals surface area contributed by atoms with Gasteiger partial charge in [0.1, 0.15) is 17.3 Å². The first-order valence-corrected chi connectivity index (χ1v) is 20.2. The van der Waals surface area contributed by atoms with Crippen LogP contribution in [0.3, 0.4) is 0 Å². The minimum atomic E-state index is -0.998. The number of amides is 1. The van der Waals surface area contributed by atoms with Crippen molar-refractivity contribution in [3.8, 4) is 0 Å². The Morgan fingerprint density at radius 2 is 2.04 bits per heavy atom. The summed E-state index contributed by atoms with van der Waals surface area (Å²) in [7, 11) is 3.70. The molecule has 2 aliphatic carbocycles. The van der Waals surface area contributed by atoms with Gasteiger partial charge in [-0.2, -0.15) is 0 Å². The molecular formula is C35H51N3O7S2. The number of hydrogen-bond donors (Lipinski definition) is 3. The van der Waals surface area contributed by atoms with Crippen molar-refractivity contribution in [2.75, 3.05) is 31.2 Å². The van der Waals surface area contributed by atoms with Crippen molar-refractivity contribution in [1.82, 2.24) is 10.2 Å². The van der Waals surface area contributed by atoms with Crippen LogP contribution < -0.4 is 11.1 Å². The molecule has 7 aliphatic rings. The average Bonchev–Trinajstić information content (AvgIpc) is 3.39. The monoisotopic (exact) mass is 689 g/mol. The fourth-order valence-electron chi connectivity index (χ4n) is 9.97. The lowest BCUT2D eigenvalue weighted by Crippen LogP contribution is -2.65. The molecule has 1 saturated carbocycles. The van der Waals surface area contributed by atoms with Crippen LogP contribution in [0, 0.1) is 29.6 Å². The van der Waals surface area contributed by atoms with Crippen molar-refractivity contribution in [3.05, 3.63) is 23.3 Å². The summed E-state index contributed by atoms with van der Waals surface area (Å²) in [5.74, 6) is 1.97. The SMILES string of the molecule is CC=C(CCO)C(=O)OC1(C)CC=C2CSSCC3CCN3C(=O)CC3CNC(N)CC3C2C12CC1CC3CCC(=O)OC3CC1O2. The van der Waals surface area contributed by atoms with Gasteiger partial charge in [0.15, 0.2) is 0 Å². The van der Waals surface area contributed by atoms with E-state index in [4.69, 9.17) is 19.9 Å². The van der Waals surface area contributed by atoms with Crippen LogP contribution in [0.5, 0.6) is 0 Å². The fourth-order valence-corrected chi connectivity index (χ4v) is 12.5. The Kier molecular flexibility index (Phi) is 9.83. The second-order valence-electron chi connectivity index (χ2n) is 15.1. The lowest BCUT2D eigenvalue weighted by molar-refractivity contribution is -0.229. The summed E-state index contributed by atoms with van der Waals surface area (Å²) in [6.07, 6.45) is 10.1. The first kappa shape index (κ1) is 33.9. The lowest BCUT2D eigenvalue weighted by Gasteiger charge is -2.57. The molecule has 1 spiro atoms. The number of hydrogen-bond acceptors (Lipinski definition) is 11. The smallest absolute Gasteiger partial charge is 0.334 e. The summed E-state index contributed by atoms with van der Waals surface area (Å²) in [5, 5.41) is 13.2. The molecule has 11 unspecified atom stereocenters. The number of ether oxygens (including phenoxy) is 3. The molecule has 5 saturated heterocycles. The Balaban J connectivity index is 1.31. The molecule has 5 heterocycles. The third kappa shape index (κ3) is 6.22. The predicted octanol–water partition coefficient (Wildman–Crippen LogP) is 3.72. The average molecular weight is 690 g/mol. The van der Waals surface area contributed by atoms with Crippen molar-refractivity contribution < 1.29 is 33.7 Å². The molecule has 260 valence electrons. The van der Waals surface area contributed by atoms with Crippen molar-refractivity contribution in [1.29, 1.82) is 0 Å². The third-order valence-electron chi connectivity index (χ3n) is 12.6. The van der Waals surface area contributed by atoms with Crippen LogP contribution in [0.1, 0.15) is 78.1 Å². The molecule has 5 aliphatic heterocycles. The highest BCUT2D eigenvalue weighted by molar-refractivity contribution is 8.76. The molecule has 0 aromatic rings. The number of esters is 2. The highest BCUT2D eigenvalue weighted by atomic mass is 33.1. The van der Waals surface area contributed by atoms with Gasteiger partial charge in [0.2, 0.25) is 5.91 Å². The topological polar surface area (TPSA) is 140 Å². The summed E-state index contributed by atoms with van der Waals surface area (Å²) in [6.45, 7) is 5.18. The molecule has 11 atom stereocenters. The van der Waals surface area contributed by atoms with Gasteiger partial charge in [0.25, 0.3) is 0 Å². The summed E-state index contributed by atoms with van der Waals surface area (Å²) in [4.78, 5) is 42.0. The number of aliphatic hydroxyl groups is 1. The minimum Gasteiger partial charge on any atom is -0.462 e. The van der Waals surface area contributed by atoms with Crippen molar-refractivity contribution in [3.63, 3.8) is 0 Å². The molecule has 10 nitrogen and oxygen atoms in total. The van der Waals surface area contributed by atoms with Crippen LogP contribution in [0.25, 0.3) is 0 Å². The quantitative estimate of drug-likeness (QED) is 0.172. The summed E-state index contributed by atoms with van der Waals surface area (Å²) < 4.78 is 20.0. The minimum absolute atomic E-state index is 0.0448. The van der Waals surface area contributed by atoms with Crippen LogP contribution in [0.4, 0.5) is 0 Å². The van der Waals surface area contributed by atoms with E-state index in [0.29, 0.717) is 56.2 Å². The number of rotatable bonds is 4. The van der Waals surface area contributed by atoms with Crippen molar-refractivity contribution in [2.45, 2.75) is 114 Å². The van der Waals surface area contributed by atoms with E-state index in [9.17, 15) is 19.5 Å². The van der Waals surface area contributed by atoms with Crippen LogP contribution in [-0.2, 0) is 28.6 Å². The van der Waals surface area contributed by atoms with Crippen molar-refractivity contribution >= 4 is 39.4 Å². The molecular weight excluding hydrogens is 639 g/mol. The van der Waals surface area contributed by atoms with Gasteiger partial charge in [-0.25, -0.2) is 4.79 Å². The largest absolute Gasteiger partial charge is 0.462 e. The molecule has 12 heteroatoms. The molecule has 0 radical (unpaired) electrons. The molecule has 0 bridgehead atoms. The standard InChI is InChI=1S/C35H51N3O7S2/c1-3-20(8-11-39)33(42)45-34(2)9-6-22-18-46-47-19-25-7-10-38(25)30(40)13-24-17-37-29(36)14-26(24)32(22)35(34)16-23-12-21-4-5-31(41)43-27(21)15-28(23)44-35/h3,6,21,23-29,32,37,39H,4-5,7-19,36H2,1-2H3. The Morgan fingerprint density at radius 1 is 1.19 bits per heavy atom. The highest BCUT2D eigenvalue weighted by Gasteiger charge is 2.68. The molecule has 7 rings (SSSR count). The van der Waals surface area contributed by atoms with E-state index in [0.717, 1.165) is 43.7 Å². The Bertz CT molecular complexity index is 1310. The van der Waals surface area contributed by atoms with E-state index >= 15 is 0 Å². The third-order valence-corrected chi connectivity index (χ3v) is 15.0. The molecule has 47 heavy (non-hydrogen) atoms. The van der Waals surface area contributed by atoms with E-state index in [1.807, 2.05) is 28.5 Å². The Labute approximate surface area is 286 Å². The molecule has 0 aromatic carbocycles. The number of fused-ring (bicyclic) bond motifs is 7. The van der Waals surface area contributed by atoms with E-state index in [2.05, 4.69) is 16.3 Å². The number of aliphatic hydroxyl groups excluding tert-OH is 1. The summed E-state index contributed by atoms with van der Waals surface area (Å²) in [5.41, 5.74) is 6.58. The van der Waals surface area contributed by atoms with E-state index in [-0.39, 0.29) is 66.9 Å². The maximum atomic E-state index is 13.8. The van der Waals surface area contributed by atoms with Gasteiger partial charge in [-0.3, -0.25) is 9.59 Å². The van der Waals surface area contributed by atoms with E-state index in [1.165, 1.54) is 5.57 Å². The van der Waals surface area contributed by atoms with Crippen LogP contribution in [0.15, 0.2) is 23.3 Å². The number of carbonyl (C=O) groups excluding carboxylic acids is 3. The van der Waals surface area contributed by atoms with Crippen LogP contribution >= 0.6 is 21.6 Å². The van der Waals surface area contributed by atoms with Crippen LogP contribution in [-0.4, -0.2) is 94.7 Å². The predicted molar refractivity (Wildman–Crippen MR) is 181 cm³/mol.